The number of amides is 1. The van der Waals surface area contributed by atoms with Gasteiger partial charge in [-0.15, -0.1) is 0 Å². The van der Waals surface area contributed by atoms with Crippen LogP contribution in [0.2, 0.25) is 0 Å². The molecule has 0 fully saturated rings. The number of rotatable bonds is 7. The summed E-state index contributed by atoms with van der Waals surface area (Å²) in [6, 6.07) is 12.1. The zero-order valence-electron chi connectivity index (χ0n) is 15.0. The molecule has 3 aromatic rings. The van der Waals surface area contributed by atoms with E-state index in [4.69, 9.17) is 4.74 Å². The normalized spacial score (nSPS) is 11.9. The predicted octanol–water partition coefficient (Wildman–Crippen LogP) is 4.74. The SMILES string of the molecule is CCC(C)c1ccc(OCC(=O)Nc2nc3ccc([N+](=O)[O-])cc3s2)cc1. The van der Waals surface area contributed by atoms with Gasteiger partial charge in [-0.25, -0.2) is 4.98 Å². The van der Waals surface area contributed by atoms with E-state index in [2.05, 4.69) is 24.1 Å². The maximum absolute atomic E-state index is 12.1. The summed E-state index contributed by atoms with van der Waals surface area (Å²) in [7, 11) is 0. The summed E-state index contributed by atoms with van der Waals surface area (Å²) >= 11 is 1.18. The Hall–Kier alpha value is -3.00. The van der Waals surface area contributed by atoms with Crippen molar-refractivity contribution < 1.29 is 14.5 Å². The molecule has 0 bridgehead atoms. The lowest BCUT2D eigenvalue weighted by molar-refractivity contribution is -0.384. The van der Waals surface area contributed by atoms with Gasteiger partial charge in [-0.1, -0.05) is 37.3 Å². The van der Waals surface area contributed by atoms with Crippen molar-refractivity contribution in [3.63, 3.8) is 0 Å². The van der Waals surface area contributed by atoms with Gasteiger partial charge >= 0.3 is 0 Å². The number of nitro benzene ring substituents is 1. The van der Waals surface area contributed by atoms with Crippen molar-refractivity contribution in [1.29, 1.82) is 0 Å². The van der Waals surface area contributed by atoms with Crippen LogP contribution in [0.15, 0.2) is 42.5 Å². The number of non-ortho nitro benzene ring substituents is 1. The first kappa shape index (κ1) is 18.8. The van der Waals surface area contributed by atoms with Crippen LogP contribution in [0, 0.1) is 10.1 Å². The number of hydrogen-bond acceptors (Lipinski definition) is 6. The number of nitrogens with one attached hydrogen (secondary N) is 1. The molecule has 0 aliphatic rings. The Balaban J connectivity index is 1.59. The lowest BCUT2D eigenvalue weighted by Crippen LogP contribution is -2.20. The van der Waals surface area contributed by atoms with E-state index in [0.29, 0.717) is 27.0 Å². The zero-order chi connectivity index (χ0) is 19.4. The molecule has 0 aliphatic heterocycles. The number of carbonyl (C=O) groups excluding carboxylic acids is 1. The largest absolute Gasteiger partial charge is 0.484 e. The minimum absolute atomic E-state index is 0.00630. The maximum Gasteiger partial charge on any atom is 0.270 e. The molecule has 0 aliphatic carbocycles. The molecular weight excluding hydrogens is 366 g/mol. The molecular formula is C19H19N3O4S. The van der Waals surface area contributed by atoms with Gasteiger partial charge in [0.1, 0.15) is 5.75 Å². The van der Waals surface area contributed by atoms with Gasteiger partial charge in [0.2, 0.25) is 0 Å². The summed E-state index contributed by atoms with van der Waals surface area (Å²) in [6.45, 7) is 4.16. The highest BCUT2D eigenvalue weighted by Gasteiger charge is 2.12. The van der Waals surface area contributed by atoms with Gasteiger partial charge in [0.25, 0.3) is 11.6 Å². The maximum atomic E-state index is 12.1. The average molecular weight is 385 g/mol. The molecule has 1 aromatic heterocycles. The number of ether oxygens (including phenoxy) is 1. The Morgan fingerprint density at radius 2 is 2.04 bits per heavy atom. The van der Waals surface area contributed by atoms with Gasteiger partial charge in [0.05, 0.1) is 15.1 Å². The van der Waals surface area contributed by atoms with E-state index in [9.17, 15) is 14.9 Å². The van der Waals surface area contributed by atoms with Crippen molar-refractivity contribution in [3.05, 3.63) is 58.1 Å². The molecule has 7 nitrogen and oxygen atoms in total. The second-order valence-electron chi connectivity index (χ2n) is 6.14. The summed E-state index contributed by atoms with van der Waals surface area (Å²) < 4.78 is 6.15. The highest BCUT2D eigenvalue weighted by molar-refractivity contribution is 7.22. The van der Waals surface area contributed by atoms with Gasteiger partial charge in [-0.3, -0.25) is 20.2 Å². The van der Waals surface area contributed by atoms with Crippen molar-refractivity contribution in [1.82, 2.24) is 4.98 Å². The first-order valence-electron chi connectivity index (χ1n) is 8.54. The van der Waals surface area contributed by atoms with Gasteiger partial charge in [0.15, 0.2) is 11.7 Å². The highest BCUT2D eigenvalue weighted by atomic mass is 32.1. The van der Waals surface area contributed by atoms with E-state index in [0.717, 1.165) is 6.42 Å². The minimum Gasteiger partial charge on any atom is -0.484 e. The van der Waals surface area contributed by atoms with Crippen molar-refractivity contribution in [3.8, 4) is 5.75 Å². The second kappa shape index (κ2) is 8.13. The molecule has 1 heterocycles. The Morgan fingerprint density at radius 1 is 1.30 bits per heavy atom. The number of nitro groups is 1. The van der Waals surface area contributed by atoms with Crippen LogP contribution in [-0.4, -0.2) is 22.4 Å². The minimum atomic E-state index is -0.461. The standard InChI is InChI=1S/C19H19N3O4S/c1-3-12(2)13-4-7-15(8-5-13)26-11-18(23)21-19-20-16-9-6-14(22(24)25)10-17(16)27-19/h4-10,12H,3,11H2,1-2H3,(H,20,21,23). The van der Waals surface area contributed by atoms with Crippen LogP contribution in [0.1, 0.15) is 31.7 Å². The molecule has 0 radical (unpaired) electrons. The average Bonchev–Trinajstić information content (AvgIpc) is 3.07. The van der Waals surface area contributed by atoms with Crippen LogP contribution in [0.5, 0.6) is 5.75 Å². The Labute approximate surface area is 160 Å². The van der Waals surface area contributed by atoms with Crippen molar-refractivity contribution in [2.75, 3.05) is 11.9 Å². The molecule has 140 valence electrons. The molecule has 1 unspecified atom stereocenters. The summed E-state index contributed by atoms with van der Waals surface area (Å²) in [5.74, 6) is 0.767. The molecule has 0 saturated carbocycles. The summed E-state index contributed by atoms with van der Waals surface area (Å²) in [6.07, 6.45) is 1.06. The highest BCUT2D eigenvalue weighted by Crippen LogP contribution is 2.29. The van der Waals surface area contributed by atoms with E-state index in [-0.39, 0.29) is 18.2 Å². The fourth-order valence-electron chi connectivity index (χ4n) is 2.51. The Kier molecular flexibility index (Phi) is 5.66. The van der Waals surface area contributed by atoms with Gasteiger partial charge < -0.3 is 4.74 Å². The van der Waals surface area contributed by atoms with Crippen LogP contribution in [0.3, 0.4) is 0 Å². The number of anilines is 1. The van der Waals surface area contributed by atoms with E-state index >= 15 is 0 Å². The number of thiazole rings is 1. The molecule has 8 heteroatoms. The summed E-state index contributed by atoms with van der Waals surface area (Å²) in [5.41, 5.74) is 1.83. The molecule has 0 spiro atoms. The van der Waals surface area contributed by atoms with Crippen molar-refractivity contribution >= 4 is 38.3 Å². The Morgan fingerprint density at radius 3 is 2.70 bits per heavy atom. The third-order valence-corrected chi connectivity index (χ3v) is 5.19. The smallest absolute Gasteiger partial charge is 0.270 e. The molecule has 27 heavy (non-hydrogen) atoms. The van der Waals surface area contributed by atoms with E-state index in [1.807, 2.05) is 24.3 Å². The molecule has 0 saturated heterocycles. The van der Waals surface area contributed by atoms with E-state index < -0.39 is 4.92 Å². The second-order valence-corrected chi connectivity index (χ2v) is 7.17. The van der Waals surface area contributed by atoms with Crippen LogP contribution in [-0.2, 0) is 4.79 Å². The zero-order valence-corrected chi connectivity index (χ0v) is 15.8. The fourth-order valence-corrected chi connectivity index (χ4v) is 3.43. The Bertz CT molecular complexity index is 969. The fraction of sp³-hybridized carbons (Fsp3) is 0.263. The molecule has 3 rings (SSSR count). The number of benzene rings is 2. The van der Waals surface area contributed by atoms with Crippen molar-refractivity contribution in [2.45, 2.75) is 26.2 Å². The molecule has 1 amide bonds. The summed E-state index contributed by atoms with van der Waals surface area (Å²) in [5, 5.41) is 13.9. The van der Waals surface area contributed by atoms with E-state index in [1.54, 1.807) is 6.07 Å². The summed E-state index contributed by atoms with van der Waals surface area (Å²) in [4.78, 5) is 26.7. The lowest BCUT2D eigenvalue weighted by Gasteiger charge is -2.10. The van der Waals surface area contributed by atoms with Crippen LogP contribution < -0.4 is 10.1 Å². The number of hydrogen-bond donors (Lipinski definition) is 1. The molecule has 2 aromatic carbocycles. The molecule has 1 N–H and O–H groups in total. The van der Waals surface area contributed by atoms with Gasteiger partial charge in [-0.2, -0.15) is 0 Å². The number of fused-ring (bicyclic) bond motifs is 1. The number of carbonyl (C=O) groups is 1. The van der Waals surface area contributed by atoms with Crippen LogP contribution in [0.4, 0.5) is 10.8 Å². The predicted molar refractivity (Wildman–Crippen MR) is 106 cm³/mol. The van der Waals surface area contributed by atoms with Crippen LogP contribution >= 0.6 is 11.3 Å². The lowest BCUT2D eigenvalue weighted by atomic mass is 9.99. The number of nitrogens with zero attached hydrogens (tertiary/aromatic N) is 2. The quantitative estimate of drug-likeness (QED) is 0.468. The number of aromatic nitrogens is 1. The first-order chi connectivity index (χ1) is 13.0. The topological polar surface area (TPSA) is 94.4 Å². The monoisotopic (exact) mass is 385 g/mol. The third kappa shape index (κ3) is 4.59. The van der Waals surface area contributed by atoms with Crippen LogP contribution in [0.25, 0.3) is 10.2 Å². The first-order valence-corrected chi connectivity index (χ1v) is 9.35. The molecule has 1 atom stereocenters. The van der Waals surface area contributed by atoms with Gasteiger partial charge in [-0.05, 0) is 36.1 Å². The van der Waals surface area contributed by atoms with E-state index in [1.165, 1.54) is 29.0 Å². The van der Waals surface area contributed by atoms with Crippen molar-refractivity contribution in [2.24, 2.45) is 0 Å². The van der Waals surface area contributed by atoms with Gasteiger partial charge in [0, 0.05) is 12.1 Å². The third-order valence-electron chi connectivity index (χ3n) is 4.26.